The van der Waals surface area contributed by atoms with Crippen LogP contribution in [0.5, 0.6) is 0 Å². The van der Waals surface area contributed by atoms with Crippen LogP contribution in [0.2, 0.25) is 0 Å². The summed E-state index contributed by atoms with van der Waals surface area (Å²) in [5.41, 5.74) is 0. The number of hydrogen-bond donors (Lipinski definition) is 1. The predicted octanol–water partition coefficient (Wildman–Crippen LogP) is 3.22. The Balaban J connectivity index is 1.77. The van der Waals surface area contributed by atoms with Gasteiger partial charge in [0.2, 0.25) is 0 Å². The normalized spacial score (nSPS) is 38.5. The molecule has 17 heavy (non-hydrogen) atoms. The molecule has 0 spiro atoms. The van der Waals surface area contributed by atoms with Gasteiger partial charge in [0.1, 0.15) is 0 Å². The van der Waals surface area contributed by atoms with Crippen LogP contribution in [0.4, 0.5) is 0 Å². The predicted molar refractivity (Wildman–Crippen MR) is 72.1 cm³/mol. The molecule has 2 heteroatoms. The fourth-order valence-electron chi connectivity index (χ4n) is 3.72. The number of nitrogens with one attached hydrogen (secondary N) is 1. The van der Waals surface area contributed by atoms with Crippen molar-refractivity contribution in [3.63, 3.8) is 0 Å². The second kappa shape index (κ2) is 6.75. The molecule has 1 saturated carbocycles. The van der Waals surface area contributed by atoms with Gasteiger partial charge in [-0.1, -0.05) is 13.3 Å². The highest BCUT2D eigenvalue weighted by molar-refractivity contribution is 4.81. The van der Waals surface area contributed by atoms with Gasteiger partial charge in [0.15, 0.2) is 0 Å². The maximum atomic E-state index is 5.75. The minimum absolute atomic E-state index is 0.586. The average Bonchev–Trinajstić information content (AvgIpc) is 2.82. The molecule has 0 aromatic heterocycles. The van der Waals surface area contributed by atoms with Gasteiger partial charge in [0.05, 0.1) is 6.10 Å². The minimum atomic E-state index is 0.586. The number of rotatable bonds is 5. The summed E-state index contributed by atoms with van der Waals surface area (Å²) in [7, 11) is 2.09. The summed E-state index contributed by atoms with van der Waals surface area (Å²) in [5.74, 6) is 2.80. The highest BCUT2D eigenvalue weighted by Gasteiger charge is 2.29. The smallest absolute Gasteiger partial charge is 0.0576 e. The van der Waals surface area contributed by atoms with Crippen molar-refractivity contribution in [2.45, 2.75) is 58.0 Å². The molecule has 1 heterocycles. The fraction of sp³-hybridized carbons (Fsp3) is 1.00. The second-order valence-electron chi connectivity index (χ2n) is 6.21. The van der Waals surface area contributed by atoms with Gasteiger partial charge >= 0.3 is 0 Å². The zero-order valence-electron chi connectivity index (χ0n) is 11.6. The molecular weight excluding hydrogens is 210 g/mol. The summed E-state index contributed by atoms with van der Waals surface area (Å²) >= 11 is 0. The molecule has 0 amide bonds. The molecule has 0 radical (unpaired) electrons. The average molecular weight is 239 g/mol. The van der Waals surface area contributed by atoms with E-state index in [2.05, 4.69) is 19.3 Å². The lowest BCUT2D eigenvalue weighted by molar-refractivity contribution is 0.0856. The Labute approximate surface area is 107 Å². The van der Waals surface area contributed by atoms with Gasteiger partial charge in [-0.2, -0.15) is 0 Å². The highest BCUT2D eigenvalue weighted by atomic mass is 16.5. The van der Waals surface area contributed by atoms with E-state index in [1.165, 1.54) is 51.5 Å². The van der Waals surface area contributed by atoms with Gasteiger partial charge in [0, 0.05) is 6.61 Å². The lowest BCUT2D eigenvalue weighted by Crippen LogP contribution is -2.31. The molecule has 0 aromatic carbocycles. The quantitative estimate of drug-likeness (QED) is 0.795. The SMILES string of the molecule is CNCC1CCC(C)CC1CCC1CCCO1. The lowest BCUT2D eigenvalue weighted by atomic mass is 9.72. The molecule has 100 valence electrons. The Morgan fingerprint density at radius 3 is 2.71 bits per heavy atom. The van der Waals surface area contributed by atoms with Crippen molar-refractivity contribution in [3.8, 4) is 0 Å². The van der Waals surface area contributed by atoms with Crippen molar-refractivity contribution in [1.82, 2.24) is 5.32 Å². The van der Waals surface area contributed by atoms with Crippen molar-refractivity contribution in [2.24, 2.45) is 17.8 Å². The standard InChI is InChI=1S/C15H29NO/c1-12-5-6-14(11-16-2)13(10-12)7-8-15-4-3-9-17-15/h12-16H,3-11H2,1-2H3. The van der Waals surface area contributed by atoms with Crippen molar-refractivity contribution in [1.29, 1.82) is 0 Å². The molecule has 2 nitrogen and oxygen atoms in total. The van der Waals surface area contributed by atoms with Gasteiger partial charge in [-0.15, -0.1) is 0 Å². The van der Waals surface area contributed by atoms with E-state index >= 15 is 0 Å². The van der Waals surface area contributed by atoms with Crippen molar-refractivity contribution >= 4 is 0 Å². The highest BCUT2D eigenvalue weighted by Crippen LogP contribution is 2.37. The lowest BCUT2D eigenvalue weighted by Gasteiger charge is -2.35. The topological polar surface area (TPSA) is 21.3 Å². The summed E-state index contributed by atoms with van der Waals surface area (Å²) in [6.45, 7) is 4.64. The first-order valence-corrected chi connectivity index (χ1v) is 7.55. The van der Waals surface area contributed by atoms with E-state index < -0.39 is 0 Å². The van der Waals surface area contributed by atoms with E-state index in [9.17, 15) is 0 Å². The third kappa shape index (κ3) is 3.96. The first-order chi connectivity index (χ1) is 8.29. The molecule has 1 aliphatic heterocycles. The van der Waals surface area contributed by atoms with E-state index in [-0.39, 0.29) is 0 Å². The summed E-state index contributed by atoms with van der Waals surface area (Å²) in [6, 6.07) is 0. The largest absolute Gasteiger partial charge is 0.378 e. The zero-order valence-corrected chi connectivity index (χ0v) is 11.6. The molecule has 4 unspecified atom stereocenters. The van der Waals surface area contributed by atoms with Gasteiger partial charge in [-0.3, -0.25) is 0 Å². The van der Waals surface area contributed by atoms with Crippen LogP contribution >= 0.6 is 0 Å². The molecule has 2 rings (SSSR count). The van der Waals surface area contributed by atoms with Crippen molar-refractivity contribution in [3.05, 3.63) is 0 Å². The van der Waals surface area contributed by atoms with E-state index in [0.717, 1.165) is 24.4 Å². The van der Waals surface area contributed by atoms with Crippen LogP contribution < -0.4 is 5.32 Å². The monoisotopic (exact) mass is 239 g/mol. The van der Waals surface area contributed by atoms with Crippen LogP contribution in [0.25, 0.3) is 0 Å². The van der Waals surface area contributed by atoms with Crippen LogP contribution in [0.15, 0.2) is 0 Å². The van der Waals surface area contributed by atoms with Crippen LogP contribution in [0.3, 0.4) is 0 Å². The Kier molecular flexibility index (Phi) is 5.30. The molecule has 2 fully saturated rings. The van der Waals surface area contributed by atoms with Gasteiger partial charge < -0.3 is 10.1 Å². The van der Waals surface area contributed by atoms with Gasteiger partial charge in [-0.05, 0) is 69.9 Å². The molecule has 1 aliphatic carbocycles. The van der Waals surface area contributed by atoms with Crippen LogP contribution in [0.1, 0.15) is 51.9 Å². The first-order valence-electron chi connectivity index (χ1n) is 7.55. The van der Waals surface area contributed by atoms with Gasteiger partial charge in [0.25, 0.3) is 0 Å². The zero-order chi connectivity index (χ0) is 12.1. The van der Waals surface area contributed by atoms with E-state index in [1.807, 2.05) is 0 Å². The maximum Gasteiger partial charge on any atom is 0.0576 e. The molecule has 0 aromatic rings. The first kappa shape index (κ1) is 13.4. The van der Waals surface area contributed by atoms with Crippen molar-refractivity contribution < 1.29 is 4.74 Å². The molecule has 2 aliphatic rings. The van der Waals surface area contributed by atoms with Crippen LogP contribution in [0, 0.1) is 17.8 Å². The molecule has 1 N–H and O–H groups in total. The molecule has 4 atom stereocenters. The minimum Gasteiger partial charge on any atom is -0.378 e. The van der Waals surface area contributed by atoms with Crippen LogP contribution in [-0.4, -0.2) is 26.3 Å². The number of hydrogen-bond acceptors (Lipinski definition) is 2. The van der Waals surface area contributed by atoms with E-state index in [0.29, 0.717) is 6.10 Å². The third-order valence-electron chi connectivity index (χ3n) is 4.75. The fourth-order valence-corrected chi connectivity index (χ4v) is 3.72. The summed E-state index contributed by atoms with van der Waals surface area (Å²) in [5, 5.41) is 3.38. The van der Waals surface area contributed by atoms with Crippen molar-refractivity contribution in [2.75, 3.05) is 20.2 Å². The van der Waals surface area contributed by atoms with Crippen LogP contribution in [-0.2, 0) is 4.74 Å². The third-order valence-corrected chi connectivity index (χ3v) is 4.75. The van der Waals surface area contributed by atoms with E-state index in [4.69, 9.17) is 4.74 Å². The van der Waals surface area contributed by atoms with Gasteiger partial charge in [-0.25, -0.2) is 0 Å². The Morgan fingerprint density at radius 1 is 1.12 bits per heavy atom. The Bertz CT molecular complexity index is 213. The summed E-state index contributed by atoms with van der Waals surface area (Å²) in [4.78, 5) is 0. The second-order valence-corrected chi connectivity index (χ2v) is 6.21. The molecular formula is C15H29NO. The number of ether oxygens (including phenoxy) is 1. The maximum absolute atomic E-state index is 5.75. The molecule has 1 saturated heterocycles. The molecule has 0 bridgehead atoms. The Hall–Kier alpha value is -0.0800. The summed E-state index contributed by atoms with van der Waals surface area (Å²) < 4.78 is 5.75. The van der Waals surface area contributed by atoms with E-state index in [1.54, 1.807) is 0 Å². The summed E-state index contributed by atoms with van der Waals surface area (Å²) in [6.07, 6.45) is 10.2. The Morgan fingerprint density at radius 2 is 2.00 bits per heavy atom.